The van der Waals surface area contributed by atoms with Crippen molar-refractivity contribution >= 4 is 22.8 Å². The van der Waals surface area contributed by atoms with Crippen molar-refractivity contribution in [2.24, 2.45) is 5.41 Å². The molecule has 1 saturated carbocycles. The van der Waals surface area contributed by atoms with E-state index in [4.69, 9.17) is 9.97 Å². The predicted molar refractivity (Wildman–Crippen MR) is 102 cm³/mol. The number of hydrogen-bond donors (Lipinski definition) is 2. The molecule has 0 aromatic carbocycles. The van der Waals surface area contributed by atoms with Gasteiger partial charge in [0, 0.05) is 30.7 Å². The number of aromatic nitrogens is 3. The standard InChI is InChI=1S/C19H28N6/c1-12-10-13(2)22-17-15(12)16(20-3)23-18(24-17)21-11-19-7-5-6-14(19)25(4)9-8-19/h10,14H,5-9,11H2,1-4H3,(H2,20,21,22,23,24)/t14?,19-/m1/s1. The molecule has 0 spiro atoms. The van der Waals surface area contributed by atoms with Gasteiger partial charge in [0.15, 0.2) is 5.65 Å². The van der Waals surface area contributed by atoms with Gasteiger partial charge in [-0.25, -0.2) is 4.98 Å². The van der Waals surface area contributed by atoms with Gasteiger partial charge in [-0.1, -0.05) is 6.42 Å². The van der Waals surface area contributed by atoms with Gasteiger partial charge in [0.2, 0.25) is 5.95 Å². The molecule has 2 fully saturated rings. The van der Waals surface area contributed by atoms with E-state index in [9.17, 15) is 0 Å². The summed E-state index contributed by atoms with van der Waals surface area (Å²) in [4.78, 5) is 16.6. The van der Waals surface area contributed by atoms with E-state index >= 15 is 0 Å². The minimum absolute atomic E-state index is 0.378. The van der Waals surface area contributed by atoms with Crippen molar-refractivity contribution in [1.82, 2.24) is 19.9 Å². The summed E-state index contributed by atoms with van der Waals surface area (Å²) in [6.07, 6.45) is 5.22. The first-order valence-corrected chi connectivity index (χ1v) is 9.30. The Morgan fingerprint density at radius 1 is 1.24 bits per heavy atom. The highest BCUT2D eigenvalue weighted by Crippen LogP contribution is 2.48. The normalized spacial score (nSPS) is 26.2. The van der Waals surface area contributed by atoms with Gasteiger partial charge in [-0.2, -0.15) is 9.97 Å². The van der Waals surface area contributed by atoms with Gasteiger partial charge in [-0.3, -0.25) is 0 Å². The number of pyridine rings is 1. The molecule has 3 heterocycles. The second-order valence-electron chi connectivity index (χ2n) is 7.78. The second kappa shape index (κ2) is 6.09. The summed E-state index contributed by atoms with van der Waals surface area (Å²) < 4.78 is 0. The molecule has 1 aliphatic heterocycles. The maximum atomic E-state index is 4.71. The fourth-order valence-corrected chi connectivity index (χ4v) is 4.94. The Morgan fingerprint density at radius 3 is 2.88 bits per heavy atom. The van der Waals surface area contributed by atoms with E-state index in [-0.39, 0.29) is 0 Å². The van der Waals surface area contributed by atoms with Crippen molar-refractivity contribution in [2.75, 3.05) is 37.8 Å². The van der Waals surface area contributed by atoms with Crippen LogP contribution < -0.4 is 10.6 Å². The summed E-state index contributed by atoms with van der Waals surface area (Å²) in [6, 6.07) is 2.78. The van der Waals surface area contributed by atoms with Gasteiger partial charge in [-0.15, -0.1) is 0 Å². The van der Waals surface area contributed by atoms with Gasteiger partial charge in [0.1, 0.15) is 5.82 Å². The minimum atomic E-state index is 0.378. The van der Waals surface area contributed by atoms with Crippen molar-refractivity contribution in [3.63, 3.8) is 0 Å². The molecule has 2 aliphatic rings. The predicted octanol–water partition coefficient (Wildman–Crippen LogP) is 2.97. The summed E-state index contributed by atoms with van der Waals surface area (Å²) in [5.41, 5.74) is 3.29. The summed E-state index contributed by atoms with van der Waals surface area (Å²) in [5, 5.41) is 7.77. The molecule has 2 aromatic heterocycles. The molecule has 2 N–H and O–H groups in total. The lowest BCUT2D eigenvalue weighted by molar-refractivity contribution is 0.224. The van der Waals surface area contributed by atoms with Crippen LogP contribution in [0.1, 0.15) is 36.9 Å². The highest BCUT2D eigenvalue weighted by molar-refractivity contribution is 5.90. The zero-order valence-corrected chi connectivity index (χ0v) is 15.7. The van der Waals surface area contributed by atoms with Crippen molar-refractivity contribution in [3.8, 4) is 0 Å². The molecule has 1 aliphatic carbocycles. The van der Waals surface area contributed by atoms with Crippen LogP contribution in [-0.2, 0) is 0 Å². The van der Waals surface area contributed by atoms with Gasteiger partial charge >= 0.3 is 0 Å². The Hall–Kier alpha value is -1.95. The molecule has 25 heavy (non-hydrogen) atoms. The van der Waals surface area contributed by atoms with Crippen LogP contribution in [0.3, 0.4) is 0 Å². The number of nitrogens with one attached hydrogen (secondary N) is 2. The first kappa shape index (κ1) is 16.5. The molecule has 4 rings (SSSR count). The second-order valence-corrected chi connectivity index (χ2v) is 7.78. The number of fused-ring (bicyclic) bond motifs is 2. The van der Waals surface area contributed by atoms with Crippen molar-refractivity contribution in [3.05, 3.63) is 17.3 Å². The van der Waals surface area contributed by atoms with Crippen LogP contribution >= 0.6 is 0 Å². The van der Waals surface area contributed by atoms with E-state index in [0.717, 1.165) is 34.7 Å². The average molecular weight is 340 g/mol. The SMILES string of the molecule is CNc1nc(NC[C@]23CCCC2N(C)CC3)nc2nc(C)cc(C)c12. The number of nitrogens with zero attached hydrogens (tertiary/aromatic N) is 4. The zero-order chi connectivity index (χ0) is 17.6. The van der Waals surface area contributed by atoms with Crippen LogP contribution in [0.25, 0.3) is 11.0 Å². The van der Waals surface area contributed by atoms with E-state index < -0.39 is 0 Å². The first-order valence-electron chi connectivity index (χ1n) is 9.30. The third-order valence-corrected chi connectivity index (χ3v) is 6.18. The zero-order valence-electron chi connectivity index (χ0n) is 15.7. The average Bonchev–Trinajstić information content (AvgIpc) is 3.13. The quantitative estimate of drug-likeness (QED) is 0.892. The van der Waals surface area contributed by atoms with E-state index in [1.807, 2.05) is 14.0 Å². The Bertz CT molecular complexity index is 804. The molecule has 0 amide bonds. The fourth-order valence-electron chi connectivity index (χ4n) is 4.94. The van der Waals surface area contributed by atoms with Crippen molar-refractivity contribution in [2.45, 2.75) is 45.6 Å². The Kier molecular flexibility index (Phi) is 4.02. The third-order valence-electron chi connectivity index (χ3n) is 6.18. The van der Waals surface area contributed by atoms with Crippen LogP contribution in [0.2, 0.25) is 0 Å². The van der Waals surface area contributed by atoms with E-state index in [2.05, 4.69) is 40.6 Å². The van der Waals surface area contributed by atoms with Crippen LogP contribution in [0.5, 0.6) is 0 Å². The monoisotopic (exact) mass is 340 g/mol. The van der Waals surface area contributed by atoms with Gasteiger partial charge in [-0.05, 0) is 58.3 Å². The molecule has 6 heteroatoms. The van der Waals surface area contributed by atoms with E-state index in [1.54, 1.807) is 0 Å². The number of hydrogen-bond acceptors (Lipinski definition) is 6. The first-order chi connectivity index (χ1) is 12.0. The maximum absolute atomic E-state index is 4.71. The summed E-state index contributed by atoms with van der Waals surface area (Å²) in [6.45, 7) is 6.25. The summed E-state index contributed by atoms with van der Waals surface area (Å²) in [5.74, 6) is 1.53. The Morgan fingerprint density at radius 2 is 2.08 bits per heavy atom. The van der Waals surface area contributed by atoms with Crippen LogP contribution in [-0.4, -0.2) is 53.1 Å². The number of likely N-dealkylation sites (tertiary alicyclic amines) is 1. The summed E-state index contributed by atoms with van der Waals surface area (Å²) in [7, 11) is 4.17. The lowest BCUT2D eigenvalue weighted by Gasteiger charge is -2.31. The molecule has 2 aromatic rings. The molecule has 0 radical (unpaired) electrons. The number of rotatable bonds is 4. The van der Waals surface area contributed by atoms with Crippen molar-refractivity contribution < 1.29 is 0 Å². The van der Waals surface area contributed by atoms with Crippen LogP contribution in [0, 0.1) is 19.3 Å². The Labute approximate surface area is 149 Å². The molecule has 1 saturated heterocycles. The van der Waals surface area contributed by atoms with Crippen LogP contribution in [0.15, 0.2) is 6.07 Å². The molecule has 0 bridgehead atoms. The lowest BCUT2D eigenvalue weighted by atomic mass is 9.82. The third kappa shape index (κ3) is 2.72. The smallest absolute Gasteiger partial charge is 0.226 e. The number of aryl methyl sites for hydroxylation is 2. The highest BCUT2D eigenvalue weighted by atomic mass is 15.2. The number of anilines is 2. The maximum Gasteiger partial charge on any atom is 0.226 e. The molecular formula is C19H28N6. The molecular weight excluding hydrogens is 312 g/mol. The lowest BCUT2D eigenvalue weighted by Crippen LogP contribution is -2.38. The molecule has 1 unspecified atom stereocenters. The van der Waals surface area contributed by atoms with Crippen molar-refractivity contribution in [1.29, 1.82) is 0 Å². The van der Waals surface area contributed by atoms with E-state index in [1.165, 1.54) is 32.2 Å². The molecule has 134 valence electrons. The van der Waals surface area contributed by atoms with Gasteiger partial charge in [0.05, 0.1) is 5.39 Å². The van der Waals surface area contributed by atoms with Crippen LogP contribution in [0.4, 0.5) is 11.8 Å². The Balaban J connectivity index is 1.64. The minimum Gasteiger partial charge on any atom is -0.372 e. The fraction of sp³-hybridized carbons (Fsp3) is 0.632. The van der Waals surface area contributed by atoms with E-state index in [0.29, 0.717) is 17.4 Å². The van der Waals surface area contributed by atoms with Gasteiger partial charge in [0.25, 0.3) is 0 Å². The van der Waals surface area contributed by atoms with Gasteiger partial charge < -0.3 is 15.5 Å². The molecule has 6 nitrogen and oxygen atoms in total. The topological polar surface area (TPSA) is 66.0 Å². The molecule has 2 atom stereocenters. The largest absolute Gasteiger partial charge is 0.372 e. The highest BCUT2D eigenvalue weighted by Gasteiger charge is 2.48. The summed E-state index contributed by atoms with van der Waals surface area (Å²) >= 11 is 0.